The smallest absolute Gasteiger partial charge is 0.337 e. The van der Waals surface area contributed by atoms with Crippen LogP contribution in [0.3, 0.4) is 0 Å². The number of unbranched alkanes of at least 4 members (excludes halogenated alkanes) is 1. The third kappa shape index (κ3) is 4.78. The normalized spacial score (nSPS) is 11.6. The lowest BCUT2D eigenvalue weighted by atomic mass is 10.2. The van der Waals surface area contributed by atoms with Crippen molar-refractivity contribution in [1.29, 1.82) is 0 Å². The molecule has 0 aliphatic rings. The van der Waals surface area contributed by atoms with Crippen molar-refractivity contribution < 1.29 is 23.9 Å². The Labute approximate surface area is 155 Å². The fraction of sp³-hybridized carbons (Fsp3) is 0.444. The van der Waals surface area contributed by atoms with Crippen LogP contribution in [0.15, 0.2) is 23.2 Å². The molecule has 0 N–H and O–H groups in total. The molecule has 0 bridgehead atoms. The van der Waals surface area contributed by atoms with Gasteiger partial charge in [0, 0.05) is 6.42 Å². The second-order valence-corrected chi connectivity index (χ2v) is 6.57. The van der Waals surface area contributed by atoms with Crippen molar-refractivity contribution in [2.75, 3.05) is 13.7 Å². The molecule has 0 saturated heterocycles. The minimum absolute atomic E-state index is 0.0503. The van der Waals surface area contributed by atoms with Gasteiger partial charge in [0.1, 0.15) is 6.54 Å². The number of esters is 2. The van der Waals surface area contributed by atoms with E-state index in [0.717, 1.165) is 17.5 Å². The Bertz CT molecular complexity index is 881. The summed E-state index contributed by atoms with van der Waals surface area (Å²) < 4.78 is 12.1. The molecule has 0 radical (unpaired) electrons. The zero-order chi connectivity index (χ0) is 19.1. The van der Waals surface area contributed by atoms with Crippen LogP contribution < -0.4 is 4.80 Å². The molecule has 2 aromatic rings. The number of rotatable bonds is 7. The predicted octanol–water partition coefficient (Wildman–Crippen LogP) is 2.67. The molecule has 7 nitrogen and oxygen atoms in total. The summed E-state index contributed by atoms with van der Waals surface area (Å²) in [5.74, 6) is -1.09. The average Bonchev–Trinajstić information content (AvgIpc) is 2.95. The van der Waals surface area contributed by atoms with Gasteiger partial charge in [0.2, 0.25) is 5.91 Å². The highest BCUT2D eigenvalue weighted by atomic mass is 32.1. The highest BCUT2D eigenvalue weighted by Crippen LogP contribution is 2.20. The van der Waals surface area contributed by atoms with Gasteiger partial charge in [-0.05, 0) is 31.5 Å². The number of carbonyl (C=O) groups excluding carboxylic acids is 3. The first-order chi connectivity index (χ1) is 12.5. The Morgan fingerprint density at radius 1 is 1.23 bits per heavy atom. The van der Waals surface area contributed by atoms with Crippen LogP contribution >= 0.6 is 11.3 Å². The molecule has 0 unspecified atom stereocenters. The van der Waals surface area contributed by atoms with Crippen molar-refractivity contribution in [3.8, 4) is 0 Å². The Balaban J connectivity index is 2.52. The van der Waals surface area contributed by atoms with E-state index >= 15 is 0 Å². The van der Waals surface area contributed by atoms with Crippen LogP contribution in [0.1, 0.15) is 43.5 Å². The van der Waals surface area contributed by atoms with Gasteiger partial charge in [0.25, 0.3) is 0 Å². The molecule has 0 aliphatic carbocycles. The average molecular weight is 378 g/mol. The van der Waals surface area contributed by atoms with Crippen LogP contribution in [0.2, 0.25) is 0 Å². The molecule has 0 atom stereocenters. The van der Waals surface area contributed by atoms with E-state index in [1.165, 1.54) is 18.4 Å². The van der Waals surface area contributed by atoms with Crippen molar-refractivity contribution in [1.82, 2.24) is 4.57 Å². The van der Waals surface area contributed by atoms with Crippen LogP contribution in [0.25, 0.3) is 10.2 Å². The molecular formula is C18H22N2O5S. The maximum atomic E-state index is 12.1. The van der Waals surface area contributed by atoms with Crippen molar-refractivity contribution >= 4 is 39.4 Å². The van der Waals surface area contributed by atoms with Crippen molar-refractivity contribution in [3.05, 3.63) is 28.6 Å². The van der Waals surface area contributed by atoms with Gasteiger partial charge in [-0.15, -0.1) is 0 Å². The molecule has 0 spiro atoms. The fourth-order valence-electron chi connectivity index (χ4n) is 2.38. The number of nitrogens with zero attached hydrogens (tertiary/aromatic N) is 2. The van der Waals surface area contributed by atoms with E-state index in [9.17, 15) is 14.4 Å². The molecule has 8 heteroatoms. The first-order valence-corrected chi connectivity index (χ1v) is 9.26. The number of thiazole rings is 1. The van der Waals surface area contributed by atoms with Crippen LogP contribution in [0.4, 0.5) is 0 Å². The minimum Gasteiger partial charge on any atom is -0.465 e. The number of hydrogen-bond acceptors (Lipinski definition) is 6. The minimum atomic E-state index is -0.449. The lowest BCUT2D eigenvalue weighted by Crippen LogP contribution is -2.23. The summed E-state index contributed by atoms with van der Waals surface area (Å²) in [7, 11) is 1.31. The number of fused-ring (bicyclic) bond motifs is 1. The van der Waals surface area contributed by atoms with Crippen molar-refractivity contribution in [3.63, 3.8) is 0 Å². The van der Waals surface area contributed by atoms with E-state index in [-0.39, 0.29) is 19.1 Å². The predicted molar refractivity (Wildman–Crippen MR) is 97.9 cm³/mol. The first-order valence-electron chi connectivity index (χ1n) is 8.45. The van der Waals surface area contributed by atoms with Crippen molar-refractivity contribution in [2.24, 2.45) is 4.99 Å². The van der Waals surface area contributed by atoms with Gasteiger partial charge in [0.15, 0.2) is 4.80 Å². The number of carbonyl (C=O) groups is 3. The summed E-state index contributed by atoms with van der Waals surface area (Å²) in [4.78, 5) is 40.3. The number of benzene rings is 1. The maximum absolute atomic E-state index is 12.1. The number of hydrogen-bond donors (Lipinski definition) is 0. The Morgan fingerprint density at radius 3 is 2.65 bits per heavy atom. The SMILES string of the molecule is CCCCC(=O)N=c1sc2cc(C(=O)OC)ccc2n1CC(=O)OCC. The molecule has 1 heterocycles. The van der Waals surface area contributed by atoms with E-state index in [2.05, 4.69) is 4.99 Å². The molecule has 26 heavy (non-hydrogen) atoms. The van der Waals surface area contributed by atoms with E-state index in [0.29, 0.717) is 22.3 Å². The molecule has 0 fully saturated rings. The highest BCUT2D eigenvalue weighted by Gasteiger charge is 2.14. The summed E-state index contributed by atoms with van der Waals surface area (Å²) in [6, 6.07) is 5.00. The standard InChI is InChI=1S/C18H22N2O5S/c1-4-6-7-15(21)19-18-20(11-16(22)25-5-2)13-9-8-12(17(23)24-3)10-14(13)26-18/h8-10H,4-7,11H2,1-3H3. The Hall–Kier alpha value is -2.48. The zero-order valence-corrected chi connectivity index (χ0v) is 15.9. The second-order valence-electron chi connectivity index (χ2n) is 5.56. The van der Waals surface area contributed by atoms with E-state index in [1.54, 1.807) is 29.7 Å². The highest BCUT2D eigenvalue weighted by molar-refractivity contribution is 7.16. The quantitative estimate of drug-likeness (QED) is 0.691. The van der Waals surface area contributed by atoms with Crippen LogP contribution in [0.5, 0.6) is 0 Å². The lowest BCUT2D eigenvalue weighted by Gasteiger charge is -2.05. The van der Waals surface area contributed by atoms with Crippen molar-refractivity contribution in [2.45, 2.75) is 39.7 Å². The molecule has 1 amide bonds. The van der Waals surface area contributed by atoms with E-state index in [4.69, 9.17) is 9.47 Å². The Morgan fingerprint density at radius 2 is 2.00 bits per heavy atom. The zero-order valence-electron chi connectivity index (χ0n) is 15.1. The summed E-state index contributed by atoms with van der Waals surface area (Å²) in [5.41, 5.74) is 1.10. The van der Waals surface area contributed by atoms with Crippen LogP contribution in [0, 0.1) is 0 Å². The second kappa shape index (κ2) is 9.28. The topological polar surface area (TPSA) is 87.0 Å². The number of aromatic nitrogens is 1. The van der Waals surface area contributed by atoms with Gasteiger partial charge < -0.3 is 14.0 Å². The summed E-state index contributed by atoms with van der Waals surface area (Å²) in [5, 5.41) is 0. The first kappa shape index (κ1) is 19.8. The Kier molecular flexibility index (Phi) is 7.08. The summed E-state index contributed by atoms with van der Waals surface area (Å²) >= 11 is 1.25. The number of ether oxygens (including phenoxy) is 2. The monoisotopic (exact) mass is 378 g/mol. The third-order valence-electron chi connectivity index (χ3n) is 3.66. The molecule has 0 aliphatic heterocycles. The lowest BCUT2D eigenvalue weighted by molar-refractivity contribution is -0.143. The van der Waals surface area contributed by atoms with E-state index < -0.39 is 11.9 Å². The molecule has 140 valence electrons. The summed E-state index contributed by atoms with van der Waals surface area (Å²) in [6.07, 6.45) is 2.02. The van der Waals surface area contributed by atoms with Gasteiger partial charge in [-0.25, -0.2) is 4.79 Å². The van der Waals surface area contributed by atoms with Crippen LogP contribution in [-0.2, 0) is 25.6 Å². The number of methoxy groups -OCH3 is 1. The van der Waals surface area contributed by atoms with E-state index in [1.807, 2.05) is 6.92 Å². The van der Waals surface area contributed by atoms with Gasteiger partial charge in [-0.1, -0.05) is 24.7 Å². The van der Waals surface area contributed by atoms with Gasteiger partial charge >= 0.3 is 11.9 Å². The fourth-order valence-corrected chi connectivity index (χ4v) is 3.47. The molecule has 1 aromatic heterocycles. The molecule has 2 rings (SSSR count). The summed E-state index contributed by atoms with van der Waals surface area (Å²) in [6.45, 7) is 3.96. The molecule has 1 aromatic carbocycles. The third-order valence-corrected chi connectivity index (χ3v) is 4.70. The molecule has 0 saturated carbocycles. The van der Waals surface area contributed by atoms with Gasteiger partial charge in [-0.3, -0.25) is 9.59 Å². The molecular weight excluding hydrogens is 356 g/mol. The number of amides is 1. The largest absolute Gasteiger partial charge is 0.465 e. The van der Waals surface area contributed by atoms with Crippen LogP contribution in [-0.4, -0.2) is 36.1 Å². The van der Waals surface area contributed by atoms with Gasteiger partial charge in [-0.2, -0.15) is 4.99 Å². The maximum Gasteiger partial charge on any atom is 0.337 e. The van der Waals surface area contributed by atoms with Gasteiger partial charge in [0.05, 0.1) is 29.5 Å².